The molecule has 182 valence electrons. The van der Waals surface area contributed by atoms with Crippen LogP contribution in [0.3, 0.4) is 0 Å². The van der Waals surface area contributed by atoms with Crippen LogP contribution in [-0.2, 0) is 14.2 Å². The lowest BCUT2D eigenvalue weighted by atomic mass is 10.1. The van der Waals surface area contributed by atoms with Crippen molar-refractivity contribution in [3.05, 3.63) is 94.5 Å². The monoisotopic (exact) mass is 474 g/mol. The van der Waals surface area contributed by atoms with Crippen molar-refractivity contribution in [2.45, 2.75) is 6.92 Å². The summed E-state index contributed by atoms with van der Waals surface area (Å²) in [6.07, 6.45) is 8.09. The molecule has 0 saturated heterocycles. The Bertz CT molecular complexity index is 1130. The Morgan fingerprint density at radius 3 is 1.63 bits per heavy atom. The van der Waals surface area contributed by atoms with Crippen LogP contribution in [-0.4, -0.2) is 40.4 Å². The zero-order chi connectivity index (χ0) is 24.9. The summed E-state index contributed by atoms with van der Waals surface area (Å²) in [5.41, 5.74) is 4.67. The van der Waals surface area contributed by atoms with E-state index in [1.54, 1.807) is 33.3 Å². The van der Waals surface area contributed by atoms with Gasteiger partial charge in [-0.15, -0.1) is 0 Å². The third-order valence-corrected chi connectivity index (χ3v) is 4.93. The van der Waals surface area contributed by atoms with Crippen LogP contribution in [0.1, 0.15) is 39.5 Å². The van der Waals surface area contributed by atoms with Crippen LogP contribution in [0.4, 0.5) is 0 Å². The molecule has 0 spiro atoms. The summed E-state index contributed by atoms with van der Waals surface area (Å²) in [4.78, 5) is 11.8. The van der Waals surface area contributed by atoms with Crippen LogP contribution in [0.2, 0.25) is 0 Å². The van der Waals surface area contributed by atoms with Crippen LogP contribution in [0, 0.1) is 0 Å². The van der Waals surface area contributed by atoms with Crippen LogP contribution in [0.25, 0.3) is 24.3 Å². The van der Waals surface area contributed by atoms with Gasteiger partial charge >= 0.3 is 5.97 Å². The lowest BCUT2D eigenvalue weighted by molar-refractivity contribution is 0.0322. The lowest BCUT2D eigenvalue weighted by Crippen LogP contribution is -2.04. The quantitative estimate of drug-likeness (QED) is 0.178. The molecular weight excluding hydrogens is 444 g/mol. The first-order valence-corrected chi connectivity index (χ1v) is 11.2. The van der Waals surface area contributed by atoms with E-state index in [0.29, 0.717) is 23.7 Å². The molecule has 0 aliphatic heterocycles. The minimum Gasteiger partial charge on any atom is -0.464 e. The molecule has 0 radical (unpaired) electrons. The summed E-state index contributed by atoms with van der Waals surface area (Å²) >= 11 is 0. The fraction of sp³-hybridized carbons (Fsp3) is 0.207. The van der Waals surface area contributed by atoms with Crippen LogP contribution in [0.15, 0.2) is 66.7 Å². The molecule has 6 heteroatoms. The van der Waals surface area contributed by atoms with Crippen molar-refractivity contribution in [2.75, 3.05) is 34.4 Å². The van der Waals surface area contributed by atoms with Crippen molar-refractivity contribution in [3.8, 4) is 11.5 Å². The Kier molecular flexibility index (Phi) is 10.1. The predicted octanol–water partition coefficient (Wildman–Crippen LogP) is 6.17. The number of carbonyl (C=O) groups excluding carboxylic acids is 1. The smallest absolute Gasteiger partial charge is 0.338 e. The predicted molar refractivity (Wildman–Crippen MR) is 138 cm³/mol. The van der Waals surface area contributed by atoms with Gasteiger partial charge in [-0.05, 0) is 53.4 Å². The summed E-state index contributed by atoms with van der Waals surface area (Å²) in [7, 11) is 3.14. The number of esters is 1. The molecule has 35 heavy (non-hydrogen) atoms. The minimum atomic E-state index is -0.305. The van der Waals surface area contributed by atoms with Crippen molar-refractivity contribution >= 4 is 30.3 Å². The number of ether oxygens (including phenoxy) is 5. The summed E-state index contributed by atoms with van der Waals surface area (Å²) in [5.74, 6) is 0.871. The molecule has 0 atom stereocenters. The highest BCUT2D eigenvalue weighted by atomic mass is 16.7. The Labute approximate surface area is 206 Å². The van der Waals surface area contributed by atoms with E-state index in [4.69, 9.17) is 23.7 Å². The molecule has 3 rings (SSSR count). The molecule has 0 N–H and O–H groups in total. The molecule has 0 aliphatic rings. The number of rotatable bonds is 12. The van der Waals surface area contributed by atoms with Crippen LogP contribution >= 0.6 is 0 Å². The molecule has 0 bridgehead atoms. The van der Waals surface area contributed by atoms with Gasteiger partial charge in [-0.2, -0.15) is 0 Å². The second kappa shape index (κ2) is 13.7. The van der Waals surface area contributed by atoms with Crippen molar-refractivity contribution in [1.29, 1.82) is 0 Å². The van der Waals surface area contributed by atoms with E-state index < -0.39 is 0 Å². The van der Waals surface area contributed by atoms with E-state index >= 15 is 0 Å². The lowest BCUT2D eigenvalue weighted by Gasteiger charge is -2.12. The molecule has 0 saturated carbocycles. The molecular formula is C29H30O6. The standard InChI is InChI=1S/C29H30O6/c1-4-33-29(30)26-16-13-24(14-17-26)10-9-22-5-7-23(8-6-22)11-12-25-15-18-27(34-20-31-2)28(19-25)35-21-32-3/h5-19H,4,20-21H2,1-3H3. The van der Waals surface area contributed by atoms with Crippen molar-refractivity contribution in [2.24, 2.45) is 0 Å². The maximum atomic E-state index is 11.8. The SMILES string of the molecule is CCOC(=O)c1ccc(C=Cc2ccc(C=Cc3ccc(OCOC)c(OCOC)c3)cc2)cc1. The van der Waals surface area contributed by atoms with E-state index in [9.17, 15) is 4.79 Å². The second-order valence-corrected chi connectivity index (χ2v) is 7.48. The van der Waals surface area contributed by atoms with Gasteiger partial charge in [0.2, 0.25) is 0 Å². The van der Waals surface area contributed by atoms with Crippen LogP contribution < -0.4 is 9.47 Å². The third-order valence-electron chi connectivity index (χ3n) is 4.93. The fourth-order valence-corrected chi connectivity index (χ4v) is 3.15. The molecule has 0 heterocycles. The second-order valence-electron chi connectivity index (χ2n) is 7.48. The van der Waals surface area contributed by atoms with Crippen molar-refractivity contribution < 1.29 is 28.5 Å². The largest absolute Gasteiger partial charge is 0.464 e. The fourth-order valence-electron chi connectivity index (χ4n) is 3.15. The average molecular weight is 475 g/mol. The molecule has 0 fully saturated rings. The normalized spacial score (nSPS) is 11.2. The van der Waals surface area contributed by atoms with Gasteiger partial charge in [0.25, 0.3) is 0 Å². The van der Waals surface area contributed by atoms with Gasteiger partial charge in [-0.3, -0.25) is 0 Å². The van der Waals surface area contributed by atoms with E-state index in [0.717, 1.165) is 22.3 Å². The van der Waals surface area contributed by atoms with Gasteiger partial charge in [0.1, 0.15) is 0 Å². The first-order valence-electron chi connectivity index (χ1n) is 11.2. The minimum absolute atomic E-state index is 0.126. The first kappa shape index (κ1) is 25.7. The van der Waals surface area contributed by atoms with Gasteiger partial charge in [0, 0.05) is 14.2 Å². The molecule has 0 amide bonds. The molecule has 3 aromatic rings. The van der Waals surface area contributed by atoms with Crippen LogP contribution in [0.5, 0.6) is 11.5 Å². The number of benzene rings is 3. The van der Waals surface area contributed by atoms with Gasteiger partial charge < -0.3 is 23.7 Å². The Morgan fingerprint density at radius 2 is 1.11 bits per heavy atom. The van der Waals surface area contributed by atoms with E-state index in [1.807, 2.05) is 54.6 Å². The zero-order valence-corrected chi connectivity index (χ0v) is 20.2. The summed E-state index contributed by atoms with van der Waals surface area (Å²) in [6.45, 7) is 2.42. The molecule has 6 nitrogen and oxygen atoms in total. The highest BCUT2D eigenvalue weighted by Gasteiger charge is 2.06. The zero-order valence-electron chi connectivity index (χ0n) is 20.2. The number of methoxy groups -OCH3 is 2. The van der Waals surface area contributed by atoms with Gasteiger partial charge in [-0.25, -0.2) is 4.79 Å². The van der Waals surface area contributed by atoms with Crippen molar-refractivity contribution in [3.63, 3.8) is 0 Å². The molecule has 0 aliphatic carbocycles. The van der Waals surface area contributed by atoms with Gasteiger partial charge in [0.15, 0.2) is 25.1 Å². The highest BCUT2D eigenvalue weighted by molar-refractivity contribution is 5.89. The maximum Gasteiger partial charge on any atom is 0.338 e. The highest BCUT2D eigenvalue weighted by Crippen LogP contribution is 2.29. The van der Waals surface area contributed by atoms with Gasteiger partial charge in [0.05, 0.1) is 12.2 Å². The Hall–Kier alpha value is -3.87. The Morgan fingerprint density at radius 1 is 0.657 bits per heavy atom. The Balaban J connectivity index is 1.63. The first-order chi connectivity index (χ1) is 17.1. The topological polar surface area (TPSA) is 63.2 Å². The number of hydrogen-bond donors (Lipinski definition) is 0. The van der Waals surface area contributed by atoms with E-state index in [-0.39, 0.29) is 19.6 Å². The van der Waals surface area contributed by atoms with Gasteiger partial charge in [-0.1, -0.05) is 66.8 Å². The summed E-state index contributed by atoms with van der Waals surface area (Å²) < 4.78 is 26.1. The number of hydrogen-bond acceptors (Lipinski definition) is 6. The summed E-state index contributed by atoms with van der Waals surface area (Å²) in [5, 5.41) is 0. The maximum absolute atomic E-state index is 11.8. The molecule has 0 unspecified atom stereocenters. The average Bonchev–Trinajstić information content (AvgIpc) is 2.89. The van der Waals surface area contributed by atoms with E-state index in [1.165, 1.54) is 0 Å². The molecule has 3 aromatic carbocycles. The number of carbonyl (C=O) groups is 1. The summed E-state index contributed by atoms with van der Waals surface area (Å²) in [6, 6.07) is 21.2. The van der Waals surface area contributed by atoms with E-state index in [2.05, 4.69) is 24.3 Å². The molecule has 0 aromatic heterocycles. The van der Waals surface area contributed by atoms with Crippen molar-refractivity contribution in [1.82, 2.24) is 0 Å². The third kappa shape index (κ3) is 8.14.